The molecule has 1 N–H and O–H groups in total. The highest BCUT2D eigenvalue weighted by molar-refractivity contribution is 9.10. The molecule has 140 valence electrons. The van der Waals surface area contributed by atoms with Gasteiger partial charge in [-0.3, -0.25) is 0 Å². The van der Waals surface area contributed by atoms with E-state index in [-0.39, 0.29) is 17.0 Å². The Morgan fingerprint density at radius 3 is 2.26 bits per heavy atom. The first-order chi connectivity index (χ1) is 12.8. The molecule has 0 aliphatic rings. The van der Waals surface area contributed by atoms with Crippen LogP contribution in [0.5, 0.6) is 5.75 Å². The predicted molar refractivity (Wildman–Crippen MR) is 99.5 cm³/mol. The van der Waals surface area contributed by atoms with E-state index in [0.29, 0.717) is 10.8 Å². The molecule has 3 rings (SSSR count). The van der Waals surface area contributed by atoms with E-state index < -0.39 is 6.36 Å². The number of nitrogens with zero attached hydrogens (tertiary/aromatic N) is 3. The Morgan fingerprint density at radius 1 is 0.963 bits per heavy atom. The van der Waals surface area contributed by atoms with Gasteiger partial charge in [-0.25, -0.2) is 0 Å². The summed E-state index contributed by atoms with van der Waals surface area (Å²) in [5, 5.41) is 3.23. The number of rotatable bonds is 5. The smallest absolute Gasteiger partial charge is 0.406 e. The van der Waals surface area contributed by atoms with Gasteiger partial charge in [-0.1, -0.05) is 15.9 Å². The fraction of sp³-hybridized carbons (Fsp3) is 0.0625. The van der Waals surface area contributed by atoms with Crippen LogP contribution in [0.2, 0.25) is 5.28 Å². The van der Waals surface area contributed by atoms with E-state index in [0.717, 1.165) is 9.37 Å². The maximum atomic E-state index is 12.2. The third kappa shape index (κ3) is 6.26. The van der Waals surface area contributed by atoms with Crippen LogP contribution in [0.3, 0.4) is 0 Å². The molecule has 0 saturated heterocycles. The zero-order valence-corrected chi connectivity index (χ0v) is 16.3. The van der Waals surface area contributed by atoms with Gasteiger partial charge >= 0.3 is 6.36 Å². The van der Waals surface area contributed by atoms with Crippen LogP contribution in [0.15, 0.2) is 63.1 Å². The lowest BCUT2D eigenvalue weighted by Crippen LogP contribution is -2.17. The van der Waals surface area contributed by atoms with Crippen molar-refractivity contribution in [3.8, 4) is 5.75 Å². The van der Waals surface area contributed by atoms with Crippen molar-refractivity contribution in [2.45, 2.75) is 16.4 Å². The molecule has 0 fully saturated rings. The first-order valence-corrected chi connectivity index (χ1v) is 9.23. The minimum absolute atomic E-state index is 0.0101. The monoisotopic (exact) mass is 476 g/mol. The molecule has 11 heteroatoms. The Balaban J connectivity index is 1.73. The lowest BCUT2D eigenvalue weighted by molar-refractivity contribution is -0.274. The van der Waals surface area contributed by atoms with Crippen LogP contribution in [-0.2, 0) is 0 Å². The summed E-state index contributed by atoms with van der Waals surface area (Å²) in [6.07, 6.45) is -4.74. The van der Waals surface area contributed by atoms with E-state index >= 15 is 0 Å². The second-order valence-electron chi connectivity index (χ2n) is 4.96. The van der Waals surface area contributed by atoms with Gasteiger partial charge in [-0.15, -0.1) is 13.2 Å². The van der Waals surface area contributed by atoms with Crippen LogP contribution in [0.1, 0.15) is 0 Å². The van der Waals surface area contributed by atoms with Gasteiger partial charge in [0.05, 0.1) is 0 Å². The van der Waals surface area contributed by atoms with E-state index in [1.807, 2.05) is 24.3 Å². The number of halogens is 5. The molecule has 0 saturated carbocycles. The van der Waals surface area contributed by atoms with Crippen LogP contribution in [0.25, 0.3) is 0 Å². The predicted octanol–water partition coefficient (Wildman–Crippen LogP) is 6.08. The van der Waals surface area contributed by atoms with E-state index in [4.69, 9.17) is 11.6 Å². The molecule has 0 unspecified atom stereocenters. The summed E-state index contributed by atoms with van der Waals surface area (Å²) in [5.41, 5.74) is 0.464. The summed E-state index contributed by atoms with van der Waals surface area (Å²) in [4.78, 5) is 13.2. The molecule has 27 heavy (non-hydrogen) atoms. The van der Waals surface area contributed by atoms with Gasteiger partial charge < -0.3 is 10.1 Å². The fourth-order valence-corrected chi connectivity index (χ4v) is 3.13. The highest BCUT2D eigenvalue weighted by atomic mass is 79.9. The molecule has 0 bridgehead atoms. The van der Waals surface area contributed by atoms with E-state index in [1.165, 1.54) is 36.0 Å². The molecule has 2 aromatic carbocycles. The van der Waals surface area contributed by atoms with Crippen molar-refractivity contribution in [1.29, 1.82) is 0 Å². The number of alkyl halides is 3. The van der Waals surface area contributed by atoms with Crippen molar-refractivity contribution >= 4 is 50.9 Å². The van der Waals surface area contributed by atoms with Gasteiger partial charge in [0.1, 0.15) is 5.75 Å². The standard InChI is InChI=1S/C16H9BrClF3N4OS/c17-9-1-7-12(8-2-9)27-15-24-13(18)23-14(25-15)22-10-3-5-11(6-4-10)26-16(19,20)21/h1-8H,(H,22,23,24,25). The third-order valence-corrected chi connectivity index (χ3v) is 4.53. The third-order valence-electron chi connectivity index (χ3n) is 2.95. The average Bonchev–Trinajstić information content (AvgIpc) is 2.57. The topological polar surface area (TPSA) is 59.9 Å². The van der Waals surface area contributed by atoms with Gasteiger partial charge in [-0.2, -0.15) is 15.0 Å². The van der Waals surface area contributed by atoms with Crippen molar-refractivity contribution in [3.63, 3.8) is 0 Å². The lowest BCUT2D eigenvalue weighted by atomic mass is 10.3. The molecule has 1 heterocycles. The summed E-state index contributed by atoms with van der Waals surface area (Å²) in [6.45, 7) is 0. The molecule has 0 aliphatic carbocycles. The van der Waals surface area contributed by atoms with E-state index in [2.05, 4.69) is 40.9 Å². The molecule has 0 amide bonds. The summed E-state index contributed by atoms with van der Waals surface area (Å²) in [6, 6.07) is 12.7. The summed E-state index contributed by atoms with van der Waals surface area (Å²) >= 11 is 10.6. The van der Waals surface area contributed by atoms with Crippen molar-refractivity contribution in [3.05, 3.63) is 58.3 Å². The highest BCUT2D eigenvalue weighted by Crippen LogP contribution is 2.28. The average molecular weight is 478 g/mol. The van der Waals surface area contributed by atoms with Crippen molar-refractivity contribution in [1.82, 2.24) is 15.0 Å². The number of hydrogen-bond donors (Lipinski definition) is 1. The van der Waals surface area contributed by atoms with Crippen LogP contribution in [0.4, 0.5) is 24.8 Å². The normalized spacial score (nSPS) is 11.3. The Kier molecular flexibility index (Phi) is 6.08. The quantitative estimate of drug-likeness (QED) is 0.480. The molecule has 3 aromatic rings. The van der Waals surface area contributed by atoms with Gasteiger partial charge in [0, 0.05) is 15.1 Å². The van der Waals surface area contributed by atoms with Crippen molar-refractivity contribution in [2.24, 2.45) is 0 Å². The first kappa shape index (κ1) is 19.7. The summed E-state index contributed by atoms with van der Waals surface area (Å²) in [5.74, 6) is -0.160. The molecule has 0 spiro atoms. The van der Waals surface area contributed by atoms with Crippen LogP contribution >= 0.6 is 39.3 Å². The minimum Gasteiger partial charge on any atom is -0.406 e. The maximum Gasteiger partial charge on any atom is 0.573 e. The van der Waals surface area contributed by atoms with Gasteiger partial charge in [-0.05, 0) is 71.9 Å². The molecule has 1 aromatic heterocycles. The number of ether oxygens (including phenoxy) is 1. The molecule has 0 aliphatic heterocycles. The lowest BCUT2D eigenvalue weighted by Gasteiger charge is -2.10. The van der Waals surface area contributed by atoms with Crippen LogP contribution in [0, 0.1) is 0 Å². The molecular formula is C16H9BrClF3N4OS. The Labute approximate surface area is 169 Å². The van der Waals surface area contributed by atoms with Crippen molar-refractivity contribution in [2.75, 3.05) is 5.32 Å². The number of anilines is 2. The number of benzene rings is 2. The van der Waals surface area contributed by atoms with Crippen molar-refractivity contribution < 1.29 is 17.9 Å². The minimum atomic E-state index is -4.74. The number of hydrogen-bond acceptors (Lipinski definition) is 6. The Hall–Kier alpha value is -2.04. The largest absolute Gasteiger partial charge is 0.573 e. The van der Waals surface area contributed by atoms with E-state index in [1.54, 1.807) is 0 Å². The van der Waals surface area contributed by atoms with E-state index in [9.17, 15) is 13.2 Å². The van der Waals surface area contributed by atoms with Crippen LogP contribution in [-0.4, -0.2) is 21.3 Å². The molecule has 0 atom stereocenters. The second-order valence-corrected chi connectivity index (χ2v) is 7.26. The Morgan fingerprint density at radius 2 is 1.63 bits per heavy atom. The fourth-order valence-electron chi connectivity index (χ4n) is 1.91. The van der Waals surface area contributed by atoms with Gasteiger partial charge in [0.15, 0.2) is 5.16 Å². The molecular weight excluding hydrogens is 469 g/mol. The zero-order valence-electron chi connectivity index (χ0n) is 13.2. The summed E-state index contributed by atoms with van der Waals surface area (Å²) < 4.78 is 41.4. The highest BCUT2D eigenvalue weighted by Gasteiger charge is 2.30. The number of nitrogens with one attached hydrogen (secondary N) is 1. The van der Waals surface area contributed by atoms with Gasteiger partial charge in [0.2, 0.25) is 11.2 Å². The number of aromatic nitrogens is 3. The zero-order chi connectivity index (χ0) is 19.4. The van der Waals surface area contributed by atoms with Gasteiger partial charge in [0.25, 0.3) is 0 Å². The molecule has 5 nitrogen and oxygen atoms in total. The maximum absolute atomic E-state index is 12.2. The Bertz CT molecular complexity index is 926. The summed E-state index contributed by atoms with van der Waals surface area (Å²) in [7, 11) is 0. The first-order valence-electron chi connectivity index (χ1n) is 7.25. The second kappa shape index (κ2) is 8.32. The molecule has 0 radical (unpaired) electrons. The van der Waals surface area contributed by atoms with Crippen LogP contribution < -0.4 is 10.1 Å². The SMILES string of the molecule is FC(F)(F)Oc1ccc(Nc2nc(Cl)nc(Sc3ccc(Br)cc3)n2)cc1.